The summed E-state index contributed by atoms with van der Waals surface area (Å²) in [5.74, 6) is -0.921. The lowest BCUT2D eigenvalue weighted by Gasteiger charge is -2.21. The van der Waals surface area contributed by atoms with Crippen molar-refractivity contribution in [3.05, 3.63) is 120 Å². The van der Waals surface area contributed by atoms with E-state index in [1.807, 2.05) is 30.3 Å². The van der Waals surface area contributed by atoms with Crippen LogP contribution in [0.15, 0.2) is 107 Å². The molecule has 5 rings (SSSR count). The highest BCUT2D eigenvalue weighted by Crippen LogP contribution is 2.50. The van der Waals surface area contributed by atoms with Gasteiger partial charge in [-0.1, -0.05) is 54.6 Å². The average Bonchev–Trinajstić information content (AvgIpc) is 3.17. The summed E-state index contributed by atoms with van der Waals surface area (Å²) < 4.78 is 61.2. The van der Waals surface area contributed by atoms with E-state index < -0.39 is 36.1 Å². The zero-order valence-corrected chi connectivity index (χ0v) is 21.7. The van der Waals surface area contributed by atoms with E-state index in [4.69, 9.17) is 10.5 Å². The fourth-order valence-corrected chi connectivity index (χ4v) is 9.45. The van der Waals surface area contributed by atoms with Gasteiger partial charge in [-0.3, -0.25) is 9.78 Å². The maximum Gasteiger partial charge on any atom is 0.237 e. The number of amides is 1. The quantitative estimate of drug-likeness (QED) is 0.357. The predicted molar refractivity (Wildman–Crippen MR) is 141 cm³/mol. The largest absolute Gasteiger partial charge is 0.489 e. The lowest BCUT2D eigenvalue weighted by atomic mass is 9.96. The molecular weight excluding hydrogens is 524 g/mol. The van der Waals surface area contributed by atoms with Crippen LogP contribution in [-0.2, 0) is 37.5 Å². The first kappa shape index (κ1) is 25.6. The van der Waals surface area contributed by atoms with Gasteiger partial charge in [-0.15, -0.1) is 0 Å². The number of hydrogen-bond donors (Lipinski definition) is 1. The Bertz CT molecular complexity index is 1690. The van der Waals surface area contributed by atoms with Crippen LogP contribution >= 0.6 is 0 Å². The molecule has 38 heavy (non-hydrogen) atoms. The van der Waals surface area contributed by atoms with Crippen molar-refractivity contribution in [3.8, 4) is 5.75 Å². The molecule has 0 radical (unpaired) electrons. The zero-order valence-electron chi connectivity index (χ0n) is 20.1. The van der Waals surface area contributed by atoms with Crippen molar-refractivity contribution >= 4 is 25.6 Å². The van der Waals surface area contributed by atoms with E-state index in [1.54, 1.807) is 30.6 Å². The molecule has 1 aliphatic rings. The molecule has 1 aliphatic heterocycles. The van der Waals surface area contributed by atoms with Crippen molar-refractivity contribution in [1.82, 2.24) is 4.98 Å². The number of carbonyl (C=O) groups excluding carboxylic acids is 1. The van der Waals surface area contributed by atoms with Crippen LogP contribution < -0.4 is 10.5 Å². The number of benzene rings is 3. The van der Waals surface area contributed by atoms with Crippen molar-refractivity contribution in [2.24, 2.45) is 5.73 Å². The number of sulfone groups is 2. The maximum absolute atomic E-state index is 14.0. The Hall–Kier alpha value is -4.02. The normalized spacial score (nSPS) is 18.0. The van der Waals surface area contributed by atoms with Crippen molar-refractivity contribution in [2.45, 2.75) is 33.3 Å². The molecule has 10 heteroatoms. The number of pyridine rings is 1. The summed E-state index contributed by atoms with van der Waals surface area (Å²) >= 11 is 0. The second-order valence-electron chi connectivity index (χ2n) is 8.91. The Kier molecular flexibility index (Phi) is 6.77. The summed E-state index contributed by atoms with van der Waals surface area (Å²) in [5, 5.41) is -3.73. The molecule has 194 valence electrons. The first-order chi connectivity index (χ1) is 18.2. The van der Waals surface area contributed by atoms with E-state index in [9.17, 15) is 21.6 Å². The van der Waals surface area contributed by atoms with Gasteiger partial charge in [-0.2, -0.15) is 0 Å². The van der Waals surface area contributed by atoms with Crippen LogP contribution in [0.2, 0.25) is 0 Å². The summed E-state index contributed by atoms with van der Waals surface area (Å²) in [5.41, 5.74) is 7.51. The third-order valence-corrected chi connectivity index (χ3v) is 10.9. The lowest BCUT2D eigenvalue weighted by molar-refractivity contribution is -0.117. The molecule has 0 bridgehead atoms. The Morgan fingerprint density at radius 1 is 0.895 bits per heavy atom. The fourth-order valence-electron chi connectivity index (χ4n) is 4.77. The number of aromatic nitrogens is 1. The molecule has 8 nitrogen and oxygen atoms in total. The van der Waals surface area contributed by atoms with Crippen molar-refractivity contribution in [2.75, 3.05) is 0 Å². The van der Waals surface area contributed by atoms with Crippen LogP contribution in [-0.4, -0.2) is 33.0 Å². The molecule has 0 fully saturated rings. The van der Waals surface area contributed by atoms with Crippen LogP contribution in [0.5, 0.6) is 5.75 Å². The van der Waals surface area contributed by atoms with Crippen LogP contribution in [0.25, 0.3) is 0 Å². The minimum atomic E-state index is -4.41. The van der Waals surface area contributed by atoms with Gasteiger partial charge in [0.2, 0.25) is 5.91 Å². The average molecular weight is 549 g/mol. The highest BCUT2D eigenvalue weighted by atomic mass is 32.2. The van der Waals surface area contributed by atoms with Gasteiger partial charge < -0.3 is 10.5 Å². The zero-order chi connectivity index (χ0) is 26.9. The van der Waals surface area contributed by atoms with Crippen molar-refractivity contribution < 1.29 is 26.4 Å². The molecule has 1 aromatic heterocycles. The topological polar surface area (TPSA) is 133 Å². The van der Waals surface area contributed by atoms with E-state index in [0.717, 1.165) is 5.56 Å². The summed E-state index contributed by atoms with van der Waals surface area (Å²) in [4.78, 5) is 16.4. The summed E-state index contributed by atoms with van der Waals surface area (Å²) in [7, 11) is -8.78. The number of primary amides is 1. The van der Waals surface area contributed by atoms with E-state index >= 15 is 0 Å². The first-order valence-electron chi connectivity index (χ1n) is 11.7. The Balaban J connectivity index is 1.75. The number of rotatable bonds is 8. The van der Waals surface area contributed by atoms with Gasteiger partial charge in [0.15, 0.2) is 24.9 Å². The Labute approximate surface area is 221 Å². The van der Waals surface area contributed by atoms with Gasteiger partial charge >= 0.3 is 0 Å². The van der Waals surface area contributed by atoms with E-state index in [-0.39, 0.29) is 28.4 Å². The summed E-state index contributed by atoms with van der Waals surface area (Å²) in [6, 6.07) is 23.1. The lowest BCUT2D eigenvalue weighted by Crippen LogP contribution is -2.39. The monoisotopic (exact) mass is 548 g/mol. The molecular formula is C28H24N2O6S2. The van der Waals surface area contributed by atoms with Crippen LogP contribution in [0, 0.1) is 0 Å². The van der Waals surface area contributed by atoms with E-state index in [1.165, 1.54) is 36.4 Å². The summed E-state index contributed by atoms with van der Waals surface area (Å²) in [6.07, 6.45) is 3.33. The minimum Gasteiger partial charge on any atom is -0.489 e. The van der Waals surface area contributed by atoms with Gasteiger partial charge in [0.05, 0.1) is 9.79 Å². The van der Waals surface area contributed by atoms with Crippen molar-refractivity contribution in [3.63, 3.8) is 0 Å². The van der Waals surface area contributed by atoms with Crippen LogP contribution in [0.4, 0.5) is 0 Å². The molecule has 2 heterocycles. The predicted octanol–water partition coefficient (Wildman–Crippen LogP) is 3.41. The van der Waals surface area contributed by atoms with E-state index in [0.29, 0.717) is 16.9 Å². The molecule has 1 amide bonds. The van der Waals surface area contributed by atoms with Gasteiger partial charge in [0.25, 0.3) is 0 Å². The molecule has 0 spiro atoms. The van der Waals surface area contributed by atoms with Crippen molar-refractivity contribution in [1.29, 1.82) is 0 Å². The highest BCUT2D eigenvalue weighted by Gasteiger charge is 2.56. The second kappa shape index (κ2) is 10.0. The molecule has 0 aliphatic carbocycles. The number of hydrogen-bond acceptors (Lipinski definition) is 7. The number of ether oxygens (including phenoxy) is 1. The van der Waals surface area contributed by atoms with Gasteiger partial charge in [-0.25, -0.2) is 16.8 Å². The third-order valence-electron chi connectivity index (χ3n) is 6.50. The first-order valence-corrected chi connectivity index (χ1v) is 14.8. The number of nitrogens with zero attached hydrogens (tertiary/aromatic N) is 1. The maximum atomic E-state index is 14.0. The number of fused-ring (bicyclic) bond motifs is 1. The second-order valence-corrected chi connectivity index (χ2v) is 13.0. The minimum absolute atomic E-state index is 0.00654. The third kappa shape index (κ3) is 4.57. The number of carbonyl (C=O) groups is 1. The van der Waals surface area contributed by atoms with Gasteiger partial charge in [0, 0.05) is 24.4 Å². The molecule has 2 N–H and O–H groups in total. The highest BCUT2D eigenvalue weighted by molar-refractivity contribution is 7.97. The number of nitrogens with two attached hydrogens (primary N) is 1. The molecule has 2 unspecified atom stereocenters. The van der Waals surface area contributed by atoms with Crippen LogP contribution in [0.3, 0.4) is 0 Å². The molecule has 0 saturated heterocycles. The standard InChI is InChI=1S/C28H24N2O6S2/c29-28(31)27-26(37(32,33)21-11-5-2-6-12-21)25-22(16-20-10-7-15-30-17-20)23(13-14-24(25)38(27,34)35)36-18-19-8-3-1-4-9-19/h1-15,17,26-27H,16,18H2,(H2,29,31). The fraction of sp³-hybridized carbons (Fsp3) is 0.143. The van der Waals surface area contributed by atoms with Gasteiger partial charge in [-0.05, 0) is 47.0 Å². The molecule has 3 aromatic carbocycles. The van der Waals surface area contributed by atoms with Gasteiger partial charge in [0.1, 0.15) is 17.6 Å². The summed E-state index contributed by atoms with van der Waals surface area (Å²) in [6.45, 7) is 0.168. The molecule has 4 aromatic rings. The van der Waals surface area contributed by atoms with E-state index in [2.05, 4.69) is 4.98 Å². The molecule has 2 atom stereocenters. The Morgan fingerprint density at radius 2 is 1.55 bits per heavy atom. The smallest absolute Gasteiger partial charge is 0.237 e. The van der Waals surface area contributed by atoms with Crippen LogP contribution in [0.1, 0.15) is 27.5 Å². The Morgan fingerprint density at radius 3 is 2.18 bits per heavy atom. The SMILES string of the molecule is NC(=O)C1C(S(=O)(=O)c2ccccc2)c2c(ccc(OCc3ccccc3)c2Cc2cccnc2)S1(=O)=O. The molecule has 0 saturated carbocycles.